The van der Waals surface area contributed by atoms with E-state index in [1.807, 2.05) is 26.2 Å². The zero-order chi connectivity index (χ0) is 14.7. The minimum atomic E-state index is -0.394. The number of nitrogens with zero attached hydrogens (tertiary/aromatic N) is 2. The molecule has 1 N–H and O–H groups in total. The Bertz CT molecular complexity index is 406. The second-order valence-electron chi connectivity index (χ2n) is 6.33. The molecule has 1 saturated heterocycles. The number of anilines is 1. The molecule has 1 aromatic rings. The molecule has 3 nitrogen and oxygen atoms in total. The first-order valence-electron chi connectivity index (χ1n) is 7.70. The van der Waals surface area contributed by atoms with Crippen LogP contribution in [-0.4, -0.2) is 42.7 Å². The molecular formula is C17H28N2O. The van der Waals surface area contributed by atoms with Gasteiger partial charge in [-0.15, -0.1) is 0 Å². The van der Waals surface area contributed by atoms with Crippen molar-refractivity contribution in [3.8, 4) is 0 Å². The van der Waals surface area contributed by atoms with Crippen molar-refractivity contribution >= 4 is 5.69 Å². The monoisotopic (exact) mass is 276 g/mol. The molecule has 3 unspecified atom stereocenters. The van der Waals surface area contributed by atoms with Gasteiger partial charge in [0.05, 0.1) is 6.10 Å². The third kappa shape index (κ3) is 3.53. The lowest BCUT2D eigenvalue weighted by Crippen LogP contribution is -2.45. The van der Waals surface area contributed by atoms with Crippen LogP contribution in [0.2, 0.25) is 0 Å². The van der Waals surface area contributed by atoms with Gasteiger partial charge in [0.25, 0.3) is 0 Å². The van der Waals surface area contributed by atoms with Gasteiger partial charge >= 0.3 is 0 Å². The number of rotatable bonds is 4. The summed E-state index contributed by atoms with van der Waals surface area (Å²) in [6.07, 6.45) is 3.41. The van der Waals surface area contributed by atoms with Crippen molar-refractivity contribution < 1.29 is 5.11 Å². The third-order valence-electron chi connectivity index (χ3n) is 4.55. The molecule has 2 rings (SSSR count). The van der Waals surface area contributed by atoms with Gasteiger partial charge in [0.15, 0.2) is 0 Å². The smallest absolute Gasteiger partial charge is 0.0917 e. The fraction of sp³-hybridized carbons (Fsp3) is 0.647. The number of likely N-dealkylation sites (tertiary alicyclic amines) is 1. The Morgan fingerprint density at radius 2 is 1.70 bits per heavy atom. The van der Waals surface area contributed by atoms with Crippen molar-refractivity contribution in [3.63, 3.8) is 0 Å². The van der Waals surface area contributed by atoms with Crippen LogP contribution in [-0.2, 0) is 0 Å². The van der Waals surface area contributed by atoms with Gasteiger partial charge < -0.3 is 10.0 Å². The molecule has 0 aromatic heterocycles. The minimum Gasteiger partial charge on any atom is -0.387 e. The maximum Gasteiger partial charge on any atom is 0.0917 e. The van der Waals surface area contributed by atoms with Gasteiger partial charge in [-0.1, -0.05) is 18.6 Å². The number of β-amino-alcohol motifs (C(OH)–C–C–N with tert-alkyl or cyclic N) is 1. The number of aliphatic hydroxyl groups is 1. The van der Waals surface area contributed by atoms with Crippen molar-refractivity contribution in [2.45, 2.75) is 51.3 Å². The molecule has 0 spiro atoms. The SMILES string of the molecule is CC1CCCC(C)N1CC(O)c1ccc(N(C)C)cc1. The van der Waals surface area contributed by atoms with E-state index >= 15 is 0 Å². The van der Waals surface area contributed by atoms with Gasteiger partial charge in [-0.05, 0) is 44.4 Å². The molecule has 0 radical (unpaired) electrons. The molecule has 1 aliphatic heterocycles. The van der Waals surface area contributed by atoms with Crippen LogP contribution in [0.5, 0.6) is 0 Å². The summed E-state index contributed by atoms with van der Waals surface area (Å²) in [5, 5.41) is 10.5. The summed E-state index contributed by atoms with van der Waals surface area (Å²) in [6.45, 7) is 5.29. The number of hydrogen-bond acceptors (Lipinski definition) is 3. The quantitative estimate of drug-likeness (QED) is 0.915. The molecule has 112 valence electrons. The normalized spacial score (nSPS) is 25.4. The van der Waals surface area contributed by atoms with Gasteiger partial charge in [0, 0.05) is 38.4 Å². The largest absolute Gasteiger partial charge is 0.387 e. The lowest BCUT2D eigenvalue weighted by atomic mass is 9.96. The molecule has 1 heterocycles. The van der Waals surface area contributed by atoms with E-state index < -0.39 is 6.10 Å². The first-order chi connectivity index (χ1) is 9.49. The summed E-state index contributed by atoms with van der Waals surface area (Å²) in [5.74, 6) is 0. The maximum absolute atomic E-state index is 10.5. The van der Waals surface area contributed by atoms with E-state index in [0.717, 1.165) is 12.1 Å². The highest BCUT2D eigenvalue weighted by molar-refractivity contribution is 5.46. The summed E-state index contributed by atoms with van der Waals surface area (Å²) in [6, 6.07) is 9.38. The van der Waals surface area contributed by atoms with E-state index in [-0.39, 0.29) is 0 Å². The lowest BCUT2D eigenvalue weighted by molar-refractivity contribution is 0.0412. The first-order valence-corrected chi connectivity index (χ1v) is 7.70. The second-order valence-corrected chi connectivity index (χ2v) is 6.33. The van der Waals surface area contributed by atoms with Crippen molar-refractivity contribution in [1.29, 1.82) is 0 Å². The Morgan fingerprint density at radius 1 is 1.15 bits per heavy atom. The molecule has 1 aliphatic rings. The van der Waals surface area contributed by atoms with Gasteiger partial charge in [-0.3, -0.25) is 4.90 Å². The molecule has 3 heteroatoms. The van der Waals surface area contributed by atoms with Crippen LogP contribution in [0.15, 0.2) is 24.3 Å². The minimum absolute atomic E-state index is 0.394. The lowest BCUT2D eigenvalue weighted by Gasteiger charge is -2.40. The fourth-order valence-corrected chi connectivity index (χ4v) is 3.13. The molecular weight excluding hydrogens is 248 g/mol. The number of hydrogen-bond donors (Lipinski definition) is 1. The van der Waals surface area contributed by atoms with E-state index in [0.29, 0.717) is 12.1 Å². The Morgan fingerprint density at radius 3 is 2.20 bits per heavy atom. The zero-order valence-corrected chi connectivity index (χ0v) is 13.2. The van der Waals surface area contributed by atoms with Crippen LogP contribution in [0.25, 0.3) is 0 Å². The summed E-state index contributed by atoms with van der Waals surface area (Å²) in [5.41, 5.74) is 2.18. The predicted octanol–water partition coefficient (Wildman–Crippen LogP) is 3.05. The highest BCUT2D eigenvalue weighted by atomic mass is 16.3. The van der Waals surface area contributed by atoms with Gasteiger partial charge in [0.1, 0.15) is 0 Å². The third-order valence-corrected chi connectivity index (χ3v) is 4.55. The molecule has 3 atom stereocenters. The maximum atomic E-state index is 10.5. The highest BCUT2D eigenvalue weighted by Crippen LogP contribution is 2.26. The van der Waals surface area contributed by atoms with Crippen molar-refractivity contribution in [2.24, 2.45) is 0 Å². The molecule has 0 aliphatic carbocycles. The molecule has 20 heavy (non-hydrogen) atoms. The van der Waals surface area contributed by atoms with Gasteiger partial charge in [-0.25, -0.2) is 0 Å². The average molecular weight is 276 g/mol. The average Bonchev–Trinajstić information content (AvgIpc) is 2.43. The van der Waals surface area contributed by atoms with E-state index in [1.54, 1.807) is 0 Å². The predicted molar refractivity (Wildman–Crippen MR) is 85.2 cm³/mol. The molecule has 0 saturated carbocycles. The van der Waals surface area contributed by atoms with Gasteiger partial charge in [0.2, 0.25) is 0 Å². The highest BCUT2D eigenvalue weighted by Gasteiger charge is 2.26. The van der Waals surface area contributed by atoms with Crippen LogP contribution in [0.3, 0.4) is 0 Å². The fourth-order valence-electron chi connectivity index (χ4n) is 3.13. The topological polar surface area (TPSA) is 26.7 Å². The molecule has 0 bridgehead atoms. The van der Waals surface area contributed by atoms with Crippen molar-refractivity contribution in [3.05, 3.63) is 29.8 Å². The number of piperidine rings is 1. The standard InChI is InChI=1S/C17H28N2O/c1-13-6-5-7-14(2)19(13)12-17(20)15-8-10-16(11-9-15)18(3)4/h8-11,13-14,17,20H,5-7,12H2,1-4H3. The Kier molecular flexibility index (Phi) is 5.06. The van der Waals surface area contributed by atoms with E-state index in [9.17, 15) is 5.11 Å². The van der Waals surface area contributed by atoms with Crippen molar-refractivity contribution in [1.82, 2.24) is 4.90 Å². The summed E-state index contributed by atoms with van der Waals surface area (Å²) >= 11 is 0. The van der Waals surface area contributed by atoms with Crippen LogP contribution < -0.4 is 4.90 Å². The first kappa shape index (κ1) is 15.3. The van der Waals surface area contributed by atoms with Crippen LogP contribution in [0.1, 0.15) is 44.8 Å². The Labute approximate surface area is 123 Å². The van der Waals surface area contributed by atoms with Crippen molar-refractivity contribution in [2.75, 3.05) is 25.5 Å². The second kappa shape index (κ2) is 6.59. The van der Waals surface area contributed by atoms with Gasteiger partial charge in [-0.2, -0.15) is 0 Å². The van der Waals surface area contributed by atoms with E-state index in [4.69, 9.17) is 0 Å². The Hall–Kier alpha value is -1.06. The van der Waals surface area contributed by atoms with Crippen LogP contribution in [0, 0.1) is 0 Å². The number of benzene rings is 1. The van der Waals surface area contributed by atoms with E-state index in [1.165, 1.54) is 24.9 Å². The molecule has 0 amide bonds. The summed E-state index contributed by atoms with van der Waals surface area (Å²) < 4.78 is 0. The summed E-state index contributed by atoms with van der Waals surface area (Å²) in [7, 11) is 4.06. The van der Waals surface area contributed by atoms with Crippen LogP contribution >= 0.6 is 0 Å². The number of aliphatic hydroxyl groups excluding tert-OH is 1. The zero-order valence-electron chi connectivity index (χ0n) is 13.2. The molecule has 1 aromatic carbocycles. The molecule has 1 fully saturated rings. The Balaban J connectivity index is 2.01. The van der Waals surface area contributed by atoms with Crippen LogP contribution in [0.4, 0.5) is 5.69 Å². The van der Waals surface area contributed by atoms with E-state index in [2.05, 4.69) is 35.8 Å². The summed E-state index contributed by atoms with van der Waals surface area (Å²) in [4.78, 5) is 4.53.